The van der Waals surface area contributed by atoms with Crippen LogP contribution in [-0.4, -0.2) is 62.8 Å². The SMILES string of the molecule is CN(C)CCNC(=O)[C@@H]1C[C@H]2NCC[C@H]2O1. The lowest BCUT2D eigenvalue weighted by Crippen LogP contribution is -2.39. The van der Waals surface area contributed by atoms with Crippen LogP contribution in [-0.2, 0) is 9.53 Å². The lowest BCUT2D eigenvalue weighted by Gasteiger charge is -2.14. The molecule has 2 rings (SSSR count). The molecular weight excluding hydrogens is 206 g/mol. The third-order valence-electron chi connectivity index (χ3n) is 3.24. The van der Waals surface area contributed by atoms with Gasteiger partial charge in [0.05, 0.1) is 6.10 Å². The number of amides is 1. The first-order valence-corrected chi connectivity index (χ1v) is 5.98. The molecule has 2 aliphatic heterocycles. The van der Waals surface area contributed by atoms with Crippen LogP contribution < -0.4 is 10.6 Å². The van der Waals surface area contributed by atoms with Gasteiger partial charge < -0.3 is 20.3 Å². The average Bonchev–Trinajstić information content (AvgIpc) is 2.75. The Morgan fingerprint density at radius 3 is 3.06 bits per heavy atom. The molecule has 0 aromatic heterocycles. The number of nitrogens with one attached hydrogen (secondary N) is 2. The van der Waals surface area contributed by atoms with Crippen LogP contribution in [0.1, 0.15) is 12.8 Å². The van der Waals surface area contributed by atoms with Crippen LogP contribution in [0.3, 0.4) is 0 Å². The molecule has 2 fully saturated rings. The maximum Gasteiger partial charge on any atom is 0.249 e. The Hall–Kier alpha value is -0.650. The first-order chi connectivity index (χ1) is 7.66. The van der Waals surface area contributed by atoms with E-state index in [1.807, 2.05) is 19.0 Å². The van der Waals surface area contributed by atoms with Crippen molar-refractivity contribution in [1.29, 1.82) is 0 Å². The van der Waals surface area contributed by atoms with Gasteiger partial charge in [0.1, 0.15) is 6.10 Å². The second-order valence-electron chi connectivity index (χ2n) is 4.84. The molecule has 16 heavy (non-hydrogen) atoms. The number of nitrogens with zero attached hydrogens (tertiary/aromatic N) is 1. The van der Waals surface area contributed by atoms with Gasteiger partial charge >= 0.3 is 0 Å². The summed E-state index contributed by atoms with van der Waals surface area (Å²) in [5.41, 5.74) is 0. The highest BCUT2D eigenvalue weighted by molar-refractivity contribution is 5.81. The van der Waals surface area contributed by atoms with Gasteiger partial charge in [0.15, 0.2) is 0 Å². The maximum atomic E-state index is 11.8. The van der Waals surface area contributed by atoms with Gasteiger partial charge in [0.25, 0.3) is 0 Å². The summed E-state index contributed by atoms with van der Waals surface area (Å²) in [6, 6.07) is 0.393. The molecule has 92 valence electrons. The van der Waals surface area contributed by atoms with E-state index < -0.39 is 0 Å². The predicted octanol–water partition coefficient (Wildman–Crippen LogP) is -0.816. The summed E-state index contributed by atoms with van der Waals surface area (Å²) in [5.74, 6) is 0.0399. The first-order valence-electron chi connectivity index (χ1n) is 5.98. The molecule has 2 saturated heterocycles. The molecule has 2 heterocycles. The van der Waals surface area contributed by atoms with Crippen LogP contribution >= 0.6 is 0 Å². The zero-order valence-electron chi connectivity index (χ0n) is 10.0. The molecule has 0 aliphatic carbocycles. The van der Waals surface area contributed by atoms with Gasteiger partial charge in [-0.05, 0) is 27.1 Å². The molecule has 0 aromatic carbocycles. The summed E-state index contributed by atoms with van der Waals surface area (Å²) < 4.78 is 5.72. The fourth-order valence-electron chi connectivity index (χ4n) is 2.32. The van der Waals surface area contributed by atoms with E-state index in [9.17, 15) is 4.79 Å². The van der Waals surface area contributed by atoms with Crippen molar-refractivity contribution in [3.05, 3.63) is 0 Å². The second kappa shape index (κ2) is 5.12. The van der Waals surface area contributed by atoms with Gasteiger partial charge in [0.2, 0.25) is 5.91 Å². The molecule has 0 spiro atoms. The molecule has 0 radical (unpaired) electrons. The van der Waals surface area contributed by atoms with E-state index in [2.05, 4.69) is 10.6 Å². The summed E-state index contributed by atoms with van der Waals surface area (Å²) in [6.07, 6.45) is 1.86. The zero-order chi connectivity index (χ0) is 11.5. The van der Waals surface area contributed by atoms with E-state index >= 15 is 0 Å². The number of rotatable bonds is 4. The summed E-state index contributed by atoms with van der Waals surface area (Å²) in [5, 5.41) is 6.28. The average molecular weight is 227 g/mol. The summed E-state index contributed by atoms with van der Waals surface area (Å²) in [7, 11) is 3.99. The number of carbonyl (C=O) groups excluding carboxylic acids is 1. The van der Waals surface area contributed by atoms with E-state index in [1.54, 1.807) is 0 Å². The number of likely N-dealkylation sites (N-methyl/N-ethyl adjacent to an activating group) is 1. The van der Waals surface area contributed by atoms with E-state index in [0.717, 1.165) is 25.9 Å². The highest BCUT2D eigenvalue weighted by Gasteiger charge is 2.41. The van der Waals surface area contributed by atoms with Crippen molar-refractivity contribution in [1.82, 2.24) is 15.5 Å². The Kier molecular flexibility index (Phi) is 3.78. The van der Waals surface area contributed by atoms with E-state index in [4.69, 9.17) is 4.74 Å². The normalized spacial score (nSPS) is 33.1. The molecule has 2 aliphatic rings. The van der Waals surface area contributed by atoms with Crippen molar-refractivity contribution >= 4 is 5.91 Å². The standard InChI is InChI=1S/C11H21N3O2/c1-14(2)6-5-13-11(15)10-7-8-9(16-10)3-4-12-8/h8-10,12H,3-7H2,1-2H3,(H,13,15)/t8-,9-,10+/m1/s1. The molecule has 3 atom stereocenters. The Morgan fingerprint density at radius 2 is 2.38 bits per heavy atom. The third-order valence-corrected chi connectivity index (χ3v) is 3.24. The van der Waals surface area contributed by atoms with Gasteiger partial charge in [-0.3, -0.25) is 4.79 Å². The zero-order valence-corrected chi connectivity index (χ0v) is 10.0. The summed E-state index contributed by atoms with van der Waals surface area (Å²) >= 11 is 0. The molecule has 0 unspecified atom stereocenters. The van der Waals surface area contributed by atoms with Gasteiger partial charge in [-0.25, -0.2) is 0 Å². The fourth-order valence-corrected chi connectivity index (χ4v) is 2.32. The first kappa shape index (κ1) is 11.8. The van der Waals surface area contributed by atoms with Crippen LogP contribution in [0.2, 0.25) is 0 Å². The maximum absolute atomic E-state index is 11.8. The Balaban J connectivity index is 1.70. The Labute approximate surface area is 96.5 Å². The lowest BCUT2D eigenvalue weighted by molar-refractivity contribution is -0.132. The van der Waals surface area contributed by atoms with Crippen molar-refractivity contribution in [2.75, 3.05) is 33.7 Å². The number of fused-ring (bicyclic) bond motifs is 1. The molecule has 2 N–H and O–H groups in total. The highest BCUT2D eigenvalue weighted by atomic mass is 16.5. The minimum atomic E-state index is -0.245. The molecule has 5 nitrogen and oxygen atoms in total. The van der Waals surface area contributed by atoms with Crippen LogP contribution in [0.25, 0.3) is 0 Å². The minimum Gasteiger partial charge on any atom is -0.363 e. The number of hydrogen-bond acceptors (Lipinski definition) is 4. The lowest BCUT2D eigenvalue weighted by atomic mass is 10.1. The number of ether oxygens (including phenoxy) is 1. The van der Waals surface area contributed by atoms with Crippen LogP contribution in [0.5, 0.6) is 0 Å². The minimum absolute atomic E-state index is 0.0399. The quantitative estimate of drug-likeness (QED) is 0.659. The summed E-state index contributed by atoms with van der Waals surface area (Å²) in [4.78, 5) is 13.8. The van der Waals surface area contributed by atoms with Crippen molar-refractivity contribution in [2.45, 2.75) is 31.1 Å². The largest absolute Gasteiger partial charge is 0.363 e. The van der Waals surface area contributed by atoms with Crippen molar-refractivity contribution in [3.8, 4) is 0 Å². The van der Waals surface area contributed by atoms with Crippen molar-refractivity contribution in [3.63, 3.8) is 0 Å². The monoisotopic (exact) mass is 227 g/mol. The topological polar surface area (TPSA) is 53.6 Å². The molecule has 5 heteroatoms. The van der Waals surface area contributed by atoms with Gasteiger partial charge in [-0.15, -0.1) is 0 Å². The smallest absolute Gasteiger partial charge is 0.249 e. The van der Waals surface area contributed by atoms with Crippen LogP contribution in [0.4, 0.5) is 0 Å². The molecule has 1 amide bonds. The van der Waals surface area contributed by atoms with Crippen LogP contribution in [0, 0.1) is 0 Å². The van der Waals surface area contributed by atoms with Crippen LogP contribution in [0.15, 0.2) is 0 Å². The van der Waals surface area contributed by atoms with Crippen molar-refractivity contribution < 1.29 is 9.53 Å². The van der Waals surface area contributed by atoms with E-state index in [-0.39, 0.29) is 18.1 Å². The Morgan fingerprint density at radius 1 is 1.56 bits per heavy atom. The molecular formula is C11H21N3O2. The summed E-state index contributed by atoms with van der Waals surface area (Å²) in [6.45, 7) is 2.57. The van der Waals surface area contributed by atoms with E-state index in [1.165, 1.54) is 0 Å². The fraction of sp³-hybridized carbons (Fsp3) is 0.909. The van der Waals surface area contributed by atoms with Gasteiger partial charge in [-0.1, -0.05) is 0 Å². The number of hydrogen-bond donors (Lipinski definition) is 2. The predicted molar refractivity (Wildman–Crippen MR) is 61.2 cm³/mol. The molecule has 0 aromatic rings. The number of carbonyl (C=O) groups is 1. The van der Waals surface area contributed by atoms with E-state index in [0.29, 0.717) is 12.6 Å². The highest BCUT2D eigenvalue weighted by Crippen LogP contribution is 2.26. The van der Waals surface area contributed by atoms with Gasteiger partial charge in [0, 0.05) is 25.6 Å². The Bertz CT molecular complexity index is 246. The molecule has 0 saturated carbocycles. The van der Waals surface area contributed by atoms with Crippen molar-refractivity contribution in [2.24, 2.45) is 0 Å². The molecule has 0 bridgehead atoms. The van der Waals surface area contributed by atoms with Gasteiger partial charge in [-0.2, -0.15) is 0 Å². The third kappa shape index (κ3) is 2.72. The second-order valence-corrected chi connectivity index (χ2v) is 4.84.